The van der Waals surface area contributed by atoms with Gasteiger partial charge in [-0.2, -0.15) is 0 Å². The van der Waals surface area contributed by atoms with E-state index in [0.717, 1.165) is 5.56 Å². The summed E-state index contributed by atoms with van der Waals surface area (Å²) in [5, 5.41) is 12.5. The molecule has 0 spiro atoms. The van der Waals surface area contributed by atoms with Crippen molar-refractivity contribution in [3.05, 3.63) is 34.9 Å². The monoisotopic (exact) mass is 295 g/mol. The summed E-state index contributed by atoms with van der Waals surface area (Å²) in [5.41, 5.74) is 0.592. The maximum Gasteiger partial charge on any atom is 0.307 e. The highest BCUT2D eigenvalue weighted by molar-refractivity contribution is 6.30. The molecular weight excluding hydrogens is 278 g/mol. The lowest BCUT2D eigenvalue weighted by atomic mass is 10.1. The molecule has 1 saturated carbocycles. The Morgan fingerprint density at radius 2 is 2.05 bits per heavy atom. The van der Waals surface area contributed by atoms with Crippen LogP contribution < -0.4 is 5.32 Å². The van der Waals surface area contributed by atoms with E-state index in [1.165, 1.54) is 0 Å². The minimum Gasteiger partial charge on any atom is -0.481 e. The van der Waals surface area contributed by atoms with Gasteiger partial charge in [0.1, 0.15) is 0 Å². The number of carboxylic acid groups (broad SMARTS) is 1. The van der Waals surface area contributed by atoms with Crippen molar-refractivity contribution in [3.63, 3.8) is 0 Å². The fourth-order valence-corrected chi connectivity index (χ4v) is 2.93. The van der Waals surface area contributed by atoms with Gasteiger partial charge in [-0.15, -0.1) is 0 Å². The normalized spacial score (nSPS) is 23.1. The van der Waals surface area contributed by atoms with Gasteiger partial charge in [0.05, 0.1) is 11.8 Å². The molecule has 0 bridgehead atoms. The second-order valence-electron chi connectivity index (χ2n) is 5.79. The highest BCUT2D eigenvalue weighted by Crippen LogP contribution is 2.58. The second kappa shape index (κ2) is 5.44. The molecule has 1 aliphatic carbocycles. The van der Waals surface area contributed by atoms with Crippen molar-refractivity contribution in [3.8, 4) is 0 Å². The molecule has 1 aromatic rings. The molecule has 1 aliphatic rings. The van der Waals surface area contributed by atoms with E-state index in [0.29, 0.717) is 18.0 Å². The Morgan fingerprint density at radius 1 is 1.35 bits per heavy atom. The quantitative estimate of drug-likeness (QED) is 0.876. The number of carbonyl (C=O) groups is 2. The van der Waals surface area contributed by atoms with E-state index in [1.54, 1.807) is 6.07 Å². The van der Waals surface area contributed by atoms with E-state index in [2.05, 4.69) is 5.32 Å². The third-order valence-electron chi connectivity index (χ3n) is 3.98. The van der Waals surface area contributed by atoms with Crippen LogP contribution in [0.3, 0.4) is 0 Å². The van der Waals surface area contributed by atoms with E-state index in [-0.39, 0.29) is 5.91 Å². The predicted octanol–water partition coefficient (Wildman–Crippen LogP) is 2.36. The van der Waals surface area contributed by atoms with Crippen LogP contribution >= 0.6 is 11.6 Å². The highest BCUT2D eigenvalue weighted by atomic mass is 35.5. The van der Waals surface area contributed by atoms with Gasteiger partial charge in [0.2, 0.25) is 5.91 Å². The second-order valence-corrected chi connectivity index (χ2v) is 6.22. The highest BCUT2D eigenvalue weighted by Gasteiger charge is 2.65. The Balaban J connectivity index is 1.84. The van der Waals surface area contributed by atoms with Crippen molar-refractivity contribution in [1.29, 1.82) is 0 Å². The summed E-state index contributed by atoms with van der Waals surface area (Å²) in [6.45, 7) is 4.11. The van der Waals surface area contributed by atoms with Crippen LogP contribution in [-0.2, 0) is 16.0 Å². The van der Waals surface area contributed by atoms with Crippen LogP contribution in [-0.4, -0.2) is 23.5 Å². The first-order valence-electron chi connectivity index (χ1n) is 6.59. The summed E-state index contributed by atoms with van der Waals surface area (Å²) in [7, 11) is 0. The maximum absolute atomic E-state index is 12.0. The Bertz CT molecular complexity index is 542. The number of rotatable bonds is 5. The number of benzene rings is 1. The lowest BCUT2D eigenvalue weighted by molar-refractivity contribution is -0.140. The zero-order valence-electron chi connectivity index (χ0n) is 11.5. The molecule has 1 amide bonds. The predicted molar refractivity (Wildman–Crippen MR) is 76.6 cm³/mol. The molecule has 2 N–H and O–H groups in total. The van der Waals surface area contributed by atoms with Crippen molar-refractivity contribution in [1.82, 2.24) is 5.32 Å². The van der Waals surface area contributed by atoms with Crippen LogP contribution in [0, 0.1) is 17.3 Å². The molecule has 5 heteroatoms. The zero-order valence-corrected chi connectivity index (χ0v) is 12.3. The number of hydrogen-bond acceptors (Lipinski definition) is 2. The minimum atomic E-state index is -0.898. The SMILES string of the molecule is CC1(C)[C@H](C(=O)O)[C@@H]1C(=O)NCCc1cccc(Cl)c1. The first-order chi connectivity index (χ1) is 9.34. The molecule has 0 saturated heterocycles. The van der Waals surface area contributed by atoms with Gasteiger partial charge in [-0.3, -0.25) is 9.59 Å². The van der Waals surface area contributed by atoms with Crippen LogP contribution in [0.2, 0.25) is 5.02 Å². The molecule has 4 nitrogen and oxygen atoms in total. The van der Waals surface area contributed by atoms with Crippen molar-refractivity contribution in [2.24, 2.45) is 17.3 Å². The molecule has 0 radical (unpaired) electrons. The summed E-state index contributed by atoms with van der Waals surface area (Å²) in [6.07, 6.45) is 0.678. The van der Waals surface area contributed by atoms with E-state index >= 15 is 0 Å². The number of nitrogens with one attached hydrogen (secondary N) is 1. The Kier molecular flexibility index (Phi) is 4.04. The summed E-state index contributed by atoms with van der Waals surface area (Å²) < 4.78 is 0. The maximum atomic E-state index is 12.0. The van der Waals surface area contributed by atoms with Gasteiger partial charge in [0, 0.05) is 11.6 Å². The van der Waals surface area contributed by atoms with E-state index in [9.17, 15) is 9.59 Å². The lowest BCUT2D eigenvalue weighted by Gasteiger charge is -2.06. The topological polar surface area (TPSA) is 66.4 Å². The van der Waals surface area contributed by atoms with E-state index < -0.39 is 23.2 Å². The van der Waals surface area contributed by atoms with Gasteiger partial charge in [0.15, 0.2) is 0 Å². The molecular formula is C15H18ClNO3. The number of amides is 1. The van der Waals surface area contributed by atoms with Crippen molar-refractivity contribution in [2.75, 3.05) is 6.54 Å². The van der Waals surface area contributed by atoms with Crippen LogP contribution in [0.1, 0.15) is 19.4 Å². The lowest BCUT2D eigenvalue weighted by Crippen LogP contribution is -2.29. The fraction of sp³-hybridized carbons (Fsp3) is 0.467. The molecule has 0 unspecified atom stereocenters. The van der Waals surface area contributed by atoms with Crippen LogP contribution in [0.25, 0.3) is 0 Å². The fourth-order valence-electron chi connectivity index (χ4n) is 2.72. The zero-order chi connectivity index (χ0) is 14.9. The molecule has 0 heterocycles. The average Bonchev–Trinajstić information content (AvgIpc) is 2.92. The number of hydrogen-bond donors (Lipinski definition) is 2. The van der Waals surface area contributed by atoms with Crippen LogP contribution in [0.4, 0.5) is 0 Å². The molecule has 1 fully saturated rings. The number of carbonyl (C=O) groups excluding carboxylic acids is 1. The molecule has 2 rings (SSSR count). The van der Waals surface area contributed by atoms with Crippen molar-refractivity contribution in [2.45, 2.75) is 20.3 Å². The summed E-state index contributed by atoms with van der Waals surface area (Å²) >= 11 is 5.89. The third-order valence-corrected chi connectivity index (χ3v) is 4.21. The van der Waals surface area contributed by atoms with E-state index in [1.807, 2.05) is 32.0 Å². The number of aliphatic carboxylic acids is 1. The summed E-state index contributed by atoms with van der Waals surface area (Å²) in [4.78, 5) is 23.0. The van der Waals surface area contributed by atoms with Crippen LogP contribution in [0.5, 0.6) is 0 Å². The largest absolute Gasteiger partial charge is 0.481 e. The van der Waals surface area contributed by atoms with Gasteiger partial charge in [-0.05, 0) is 29.5 Å². The Hall–Kier alpha value is -1.55. The molecule has 0 aromatic heterocycles. The van der Waals surface area contributed by atoms with Gasteiger partial charge < -0.3 is 10.4 Å². The molecule has 108 valence electrons. The van der Waals surface area contributed by atoms with Crippen LogP contribution in [0.15, 0.2) is 24.3 Å². The third kappa shape index (κ3) is 2.96. The average molecular weight is 296 g/mol. The van der Waals surface area contributed by atoms with Gasteiger partial charge >= 0.3 is 5.97 Å². The first-order valence-corrected chi connectivity index (χ1v) is 6.97. The van der Waals surface area contributed by atoms with Gasteiger partial charge in [0.25, 0.3) is 0 Å². The smallest absolute Gasteiger partial charge is 0.307 e. The summed E-state index contributed by atoms with van der Waals surface area (Å²) in [6, 6.07) is 7.46. The Morgan fingerprint density at radius 3 is 2.60 bits per heavy atom. The Labute approximate surface area is 123 Å². The first kappa shape index (κ1) is 14.9. The van der Waals surface area contributed by atoms with Crippen molar-refractivity contribution >= 4 is 23.5 Å². The van der Waals surface area contributed by atoms with Gasteiger partial charge in [-0.1, -0.05) is 37.6 Å². The molecule has 20 heavy (non-hydrogen) atoms. The molecule has 1 aromatic carbocycles. The van der Waals surface area contributed by atoms with Crippen molar-refractivity contribution < 1.29 is 14.7 Å². The number of carboxylic acids is 1. The number of halogens is 1. The minimum absolute atomic E-state index is 0.176. The summed E-state index contributed by atoms with van der Waals surface area (Å²) in [5.74, 6) is -2.08. The van der Waals surface area contributed by atoms with E-state index in [4.69, 9.17) is 16.7 Å². The van der Waals surface area contributed by atoms with Gasteiger partial charge in [-0.25, -0.2) is 0 Å². The standard InChI is InChI=1S/C15H18ClNO3/c1-15(2)11(12(15)14(19)20)13(18)17-7-6-9-4-3-5-10(16)8-9/h3-5,8,11-12H,6-7H2,1-2H3,(H,17,18)(H,19,20)/t11-,12+/m1/s1. The molecule has 2 atom stereocenters. The molecule has 0 aliphatic heterocycles.